The van der Waals surface area contributed by atoms with Gasteiger partial charge in [0.1, 0.15) is 6.04 Å². The summed E-state index contributed by atoms with van der Waals surface area (Å²) in [6.45, 7) is 1.43. The number of hydrogen-bond donors (Lipinski definition) is 2. The van der Waals surface area contributed by atoms with E-state index in [1.54, 1.807) is 0 Å². The third kappa shape index (κ3) is 2.63. The second-order valence-corrected chi connectivity index (χ2v) is 4.94. The highest BCUT2D eigenvalue weighted by Crippen LogP contribution is 2.19. The Balaban J connectivity index is 2.44. The lowest BCUT2D eigenvalue weighted by molar-refractivity contribution is -0.140. The molecule has 0 bridgehead atoms. The largest absolute Gasteiger partial charge is 0.480 e. The Labute approximate surface area is 112 Å². The molecule has 7 nitrogen and oxygen atoms in total. The molecule has 0 saturated heterocycles. The molecule has 2 heterocycles. The Morgan fingerprint density at radius 2 is 2.21 bits per heavy atom. The Morgan fingerprint density at radius 3 is 2.74 bits per heavy atom. The normalized spacial score (nSPS) is 12.3. The van der Waals surface area contributed by atoms with Crippen molar-refractivity contribution >= 4 is 23.3 Å². The van der Waals surface area contributed by atoms with Crippen molar-refractivity contribution in [2.75, 3.05) is 0 Å². The summed E-state index contributed by atoms with van der Waals surface area (Å²) in [7, 11) is 0. The van der Waals surface area contributed by atoms with Crippen LogP contribution in [0.25, 0.3) is 0 Å². The molecule has 8 heteroatoms. The molecule has 100 valence electrons. The molecule has 0 fully saturated rings. The number of thiophene rings is 1. The summed E-state index contributed by atoms with van der Waals surface area (Å²) < 4.78 is 1.14. The van der Waals surface area contributed by atoms with Crippen LogP contribution in [0.3, 0.4) is 0 Å². The van der Waals surface area contributed by atoms with Crippen LogP contribution in [0, 0.1) is 0 Å². The number of carbonyl (C=O) groups is 2. The molecule has 1 atom stereocenters. The number of carboxylic acid groups (broad SMARTS) is 2. The summed E-state index contributed by atoms with van der Waals surface area (Å²) in [5, 5.41) is 27.1. The van der Waals surface area contributed by atoms with Crippen LogP contribution in [0.4, 0.5) is 0 Å². The number of hydrogen-bond acceptors (Lipinski definition) is 5. The van der Waals surface area contributed by atoms with Crippen LogP contribution in [0.5, 0.6) is 0 Å². The molecule has 1 unspecified atom stereocenters. The van der Waals surface area contributed by atoms with Crippen molar-refractivity contribution in [3.8, 4) is 0 Å². The fourth-order valence-electron chi connectivity index (χ4n) is 1.64. The molecule has 0 spiro atoms. The Hall–Kier alpha value is -2.22. The lowest BCUT2D eigenvalue weighted by Crippen LogP contribution is -2.20. The van der Waals surface area contributed by atoms with Gasteiger partial charge >= 0.3 is 11.9 Å². The molecule has 0 amide bonds. The maximum absolute atomic E-state index is 11.1. The van der Waals surface area contributed by atoms with E-state index >= 15 is 0 Å². The summed E-state index contributed by atoms with van der Waals surface area (Å²) >= 11 is 1.46. The zero-order valence-corrected chi connectivity index (χ0v) is 10.8. The van der Waals surface area contributed by atoms with Gasteiger partial charge in [0, 0.05) is 11.3 Å². The number of carboxylic acids is 2. The molecule has 19 heavy (non-hydrogen) atoms. The van der Waals surface area contributed by atoms with Crippen LogP contribution < -0.4 is 0 Å². The van der Waals surface area contributed by atoms with E-state index < -0.39 is 18.0 Å². The molecule has 2 aromatic rings. The van der Waals surface area contributed by atoms with Crippen LogP contribution >= 0.6 is 11.3 Å². The van der Waals surface area contributed by atoms with Crippen LogP contribution in [0.15, 0.2) is 17.5 Å². The van der Waals surface area contributed by atoms with E-state index in [4.69, 9.17) is 10.2 Å². The fourth-order valence-corrected chi connectivity index (χ4v) is 2.35. The van der Waals surface area contributed by atoms with Gasteiger partial charge in [0.25, 0.3) is 0 Å². The second-order valence-electron chi connectivity index (χ2n) is 3.90. The summed E-state index contributed by atoms with van der Waals surface area (Å²) in [5.41, 5.74) is 0.0892. The predicted molar refractivity (Wildman–Crippen MR) is 66.5 cm³/mol. The Morgan fingerprint density at radius 1 is 1.47 bits per heavy atom. The van der Waals surface area contributed by atoms with Crippen LogP contribution in [-0.2, 0) is 11.2 Å². The number of rotatable bonds is 5. The first-order valence-corrected chi connectivity index (χ1v) is 6.31. The fraction of sp³-hybridized carbons (Fsp3) is 0.273. The van der Waals surface area contributed by atoms with E-state index in [9.17, 15) is 9.59 Å². The zero-order valence-electron chi connectivity index (χ0n) is 9.98. The number of aromatic carboxylic acids is 1. The molecule has 0 saturated carbocycles. The van der Waals surface area contributed by atoms with E-state index in [1.165, 1.54) is 18.3 Å². The number of nitrogens with zero attached hydrogens (tertiary/aromatic N) is 3. The van der Waals surface area contributed by atoms with Gasteiger partial charge in [0.05, 0.1) is 5.69 Å². The van der Waals surface area contributed by atoms with E-state index in [2.05, 4.69) is 10.3 Å². The highest BCUT2D eigenvalue weighted by atomic mass is 32.1. The van der Waals surface area contributed by atoms with Crippen LogP contribution in [0.2, 0.25) is 0 Å². The van der Waals surface area contributed by atoms with E-state index in [0.717, 1.165) is 9.56 Å². The Bertz CT molecular complexity index is 605. The van der Waals surface area contributed by atoms with E-state index in [0.29, 0.717) is 12.1 Å². The second kappa shape index (κ2) is 5.19. The first kappa shape index (κ1) is 13.2. The number of aliphatic carboxylic acids is 1. The summed E-state index contributed by atoms with van der Waals surface area (Å²) in [5.74, 6) is -2.30. The molecular formula is C11H11N3O4S. The van der Waals surface area contributed by atoms with Crippen molar-refractivity contribution in [2.45, 2.75) is 19.4 Å². The summed E-state index contributed by atoms with van der Waals surface area (Å²) in [6, 6.07) is 2.73. The minimum atomic E-state index is -1.21. The van der Waals surface area contributed by atoms with Gasteiger partial charge in [-0.15, -0.1) is 16.4 Å². The van der Waals surface area contributed by atoms with Gasteiger partial charge in [0.2, 0.25) is 0 Å². The molecule has 0 aliphatic rings. The van der Waals surface area contributed by atoms with Crippen molar-refractivity contribution < 1.29 is 19.8 Å². The van der Waals surface area contributed by atoms with Crippen molar-refractivity contribution in [2.24, 2.45) is 0 Å². The maximum Gasteiger partial charge on any atom is 0.358 e. The molecule has 2 aromatic heterocycles. The maximum atomic E-state index is 11.1. The molecule has 0 aliphatic heterocycles. The summed E-state index contributed by atoms with van der Waals surface area (Å²) in [4.78, 5) is 23.0. The SMILES string of the molecule is CC(C(=O)O)n1nnc(C(=O)O)c1Cc1cccs1. The van der Waals surface area contributed by atoms with Gasteiger partial charge in [-0.3, -0.25) is 0 Å². The summed E-state index contributed by atoms with van der Waals surface area (Å²) in [6.07, 6.45) is 0.296. The van der Waals surface area contributed by atoms with Crippen LogP contribution in [-0.4, -0.2) is 37.1 Å². The van der Waals surface area contributed by atoms with Gasteiger partial charge in [0.15, 0.2) is 5.69 Å². The highest BCUT2D eigenvalue weighted by molar-refractivity contribution is 7.09. The smallest absolute Gasteiger partial charge is 0.358 e. The van der Waals surface area contributed by atoms with Crippen LogP contribution in [0.1, 0.15) is 34.0 Å². The molecular weight excluding hydrogens is 270 g/mol. The van der Waals surface area contributed by atoms with E-state index in [1.807, 2.05) is 17.5 Å². The van der Waals surface area contributed by atoms with Gasteiger partial charge in [-0.25, -0.2) is 14.3 Å². The van der Waals surface area contributed by atoms with Gasteiger partial charge < -0.3 is 10.2 Å². The first-order valence-electron chi connectivity index (χ1n) is 5.43. The standard InChI is InChI=1S/C11H11N3O4S/c1-6(10(15)16)14-8(5-7-3-2-4-19-7)9(11(17)18)12-13-14/h2-4,6H,5H2,1H3,(H,15,16)(H,17,18). The molecule has 2 N–H and O–H groups in total. The highest BCUT2D eigenvalue weighted by Gasteiger charge is 2.25. The minimum absolute atomic E-state index is 0.207. The van der Waals surface area contributed by atoms with Crippen molar-refractivity contribution in [3.63, 3.8) is 0 Å². The van der Waals surface area contributed by atoms with Gasteiger partial charge in [-0.05, 0) is 18.4 Å². The van der Waals surface area contributed by atoms with Gasteiger partial charge in [-0.1, -0.05) is 11.3 Å². The topological polar surface area (TPSA) is 105 Å². The lowest BCUT2D eigenvalue weighted by Gasteiger charge is -2.10. The zero-order chi connectivity index (χ0) is 14.0. The average Bonchev–Trinajstić information content (AvgIpc) is 2.97. The minimum Gasteiger partial charge on any atom is -0.480 e. The monoisotopic (exact) mass is 281 g/mol. The predicted octanol–water partition coefficient (Wildman–Crippen LogP) is 1.27. The first-order chi connectivity index (χ1) is 9.00. The van der Waals surface area contributed by atoms with E-state index in [-0.39, 0.29) is 5.69 Å². The molecule has 0 aromatic carbocycles. The number of aromatic nitrogens is 3. The van der Waals surface area contributed by atoms with Gasteiger partial charge in [-0.2, -0.15) is 0 Å². The lowest BCUT2D eigenvalue weighted by atomic mass is 10.2. The average molecular weight is 281 g/mol. The Kier molecular flexibility index (Phi) is 3.61. The molecule has 2 rings (SSSR count). The quantitative estimate of drug-likeness (QED) is 0.855. The third-order valence-electron chi connectivity index (χ3n) is 2.64. The van der Waals surface area contributed by atoms with Crippen molar-refractivity contribution in [1.82, 2.24) is 15.0 Å². The molecule has 0 aliphatic carbocycles. The van der Waals surface area contributed by atoms with Crippen molar-refractivity contribution in [1.29, 1.82) is 0 Å². The molecule has 0 radical (unpaired) electrons. The van der Waals surface area contributed by atoms with Crippen molar-refractivity contribution in [3.05, 3.63) is 33.8 Å². The third-order valence-corrected chi connectivity index (χ3v) is 3.52.